The largest absolute Gasteiger partial charge is 0.299 e. The normalized spacial score (nSPS) is 16.7. The minimum absolute atomic E-state index is 0.00896. The van der Waals surface area contributed by atoms with E-state index in [1.807, 2.05) is 25.1 Å². The first kappa shape index (κ1) is 25.9. The van der Waals surface area contributed by atoms with Gasteiger partial charge in [0.05, 0.1) is 12.1 Å². The van der Waals surface area contributed by atoms with Crippen molar-refractivity contribution in [3.05, 3.63) is 41.0 Å². The van der Waals surface area contributed by atoms with Crippen LogP contribution in [0.5, 0.6) is 0 Å². The van der Waals surface area contributed by atoms with Crippen molar-refractivity contribution in [1.29, 1.82) is 0 Å². The fourth-order valence-electron chi connectivity index (χ4n) is 3.30. The van der Waals surface area contributed by atoms with Crippen LogP contribution < -0.4 is 5.48 Å². The molecule has 0 saturated carbocycles. The second-order valence-electron chi connectivity index (χ2n) is 8.33. The van der Waals surface area contributed by atoms with Gasteiger partial charge in [0.25, 0.3) is 5.91 Å². The summed E-state index contributed by atoms with van der Waals surface area (Å²) in [6.07, 6.45) is 3.28. The van der Waals surface area contributed by atoms with Gasteiger partial charge in [-0.2, -0.15) is 0 Å². The Balaban J connectivity index is 2.10. The molecule has 0 aliphatic carbocycles. The van der Waals surface area contributed by atoms with Crippen LogP contribution in [0.4, 0.5) is 8.78 Å². The maximum Gasteiger partial charge on any atom is 0.264 e. The number of sulfone groups is 1. The highest BCUT2D eigenvalue weighted by Gasteiger charge is 2.43. The van der Waals surface area contributed by atoms with Crippen LogP contribution in [-0.4, -0.2) is 80.6 Å². The molecule has 1 atom stereocenters. The molecule has 1 aromatic rings. The zero-order valence-corrected chi connectivity index (χ0v) is 19.5. The van der Waals surface area contributed by atoms with E-state index in [1.165, 1.54) is 24.5 Å². The number of nitrogens with one attached hydrogen (secondary N) is 1. The molecule has 1 aromatic carbocycles. The number of hydrogen-bond donors (Lipinski definition) is 2. The molecule has 1 unspecified atom stereocenters. The predicted molar refractivity (Wildman–Crippen MR) is 119 cm³/mol. The summed E-state index contributed by atoms with van der Waals surface area (Å²) in [5.41, 5.74) is 2.40. The van der Waals surface area contributed by atoms with Crippen molar-refractivity contribution >= 4 is 21.3 Å². The van der Waals surface area contributed by atoms with E-state index in [2.05, 4.69) is 11.8 Å². The van der Waals surface area contributed by atoms with Gasteiger partial charge in [0, 0.05) is 25.9 Å². The van der Waals surface area contributed by atoms with Gasteiger partial charge >= 0.3 is 0 Å². The minimum atomic E-state index is -3.77. The maximum atomic E-state index is 14.4. The molecule has 0 radical (unpaired) electrons. The van der Waals surface area contributed by atoms with Gasteiger partial charge in [-0.1, -0.05) is 17.9 Å². The summed E-state index contributed by atoms with van der Waals surface area (Å²) in [5, 5.41) is 8.91. The number of carbonyl (C=O) groups is 1. The highest BCUT2D eigenvalue weighted by atomic mass is 32.2. The van der Waals surface area contributed by atoms with Gasteiger partial charge in [0.15, 0.2) is 14.6 Å². The average molecular weight is 470 g/mol. The van der Waals surface area contributed by atoms with Crippen LogP contribution in [0.25, 0.3) is 5.57 Å². The first-order valence-electron chi connectivity index (χ1n) is 10.1. The molecule has 32 heavy (non-hydrogen) atoms. The van der Waals surface area contributed by atoms with Gasteiger partial charge in [-0.3, -0.25) is 19.8 Å². The molecule has 1 amide bonds. The molecule has 0 fully saturated rings. The van der Waals surface area contributed by atoms with Crippen molar-refractivity contribution < 1.29 is 27.2 Å². The maximum absolute atomic E-state index is 14.4. The summed E-state index contributed by atoms with van der Waals surface area (Å²) in [6.45, 7) is 2.92. The zero-order chi connectivity index (χ0) is 24.1. The van der Waals surface area contributed by atoms with Gasteiger partial charge in [-0.25, -0.2) is 22.7 Å². The van der Waals surface area contributed by atoms with Crippen LogP contribution in [0, 0.1) is 23.5 Å². The van der Waals surface area contributed by atoms with Gasteiger partial charge in [-0.05, 0) is 57.1 Å². The SMILES string of the molecule is CN(C)CC#Cc1c(F)cc(C2=CCN(CCC(C)(C(=O)NO)S(C)(=O)=O)CC2)cc1F. The molecule has 2 N–H and O–H groups in total. The molecule has 0 saturated heterocycles. The van der Waals surface area contributed by atoms with Crippen molar-refractivity contribution in [2.75, 3.05) is 46.5 Å². The van der Waals surface area contributed by atoms with E-state index in [0.29, 0.717) is 38.2 Å². The Kier molecular flexibility index (Phi) is 8.54. The summed E-state index contributed by atoms with van der Waals surface area (Å²) >= 11 is 0. The average Bonchev–Trinajstić information content (AvgIpc) is 2.72. The molecule has 1 aliphatic heterocycles. The summed E-state index contributed by atoms with van der Waals surface area (Å²) < 4.78 is 51.2. The van der Waals surface area contributed by atoms with Crippen molar-refractivity contribution in [3.8, 4) is 11.8 Å². The van der Waals surface area contributed by atoms with Crippen LogP contribution in [0.2, 0.25) is 0 Å². The number of benzene rings is 1. The lowest BCUT2D eigenvalue weighted by Gasteiger charge is -2.31. The van der Waals surface area contributed by atoms with E-state index in [9.17, 15) is 22.0 Å². The summed E-state index contributed by atoms with van der Waals surface area (Å²) in [5.74, 6) is 2.85. The minimum Gasteiger partial charge on any atom is -0.299 e. The van der Waals surface area contributed by atoms with E-state index in [1.54, 1.807) is 4.90 Å². The highest BCUT2D eigenvalue weighted by molar-refractivity contribution is 7.92. The molecule has 10 heteroatoms. The first-order chi connectivity index (χ1) is 14.9. The van der Waals surface area contributed by atoms with Crippen molar-refractivity contribution in [2.45, 2.75) is 24.5 Å². The third-order valence-corrected chi connectivity index (χ3v) is 7.65. The Labute approximate surface area is 188 Å². The molecule has 2 rings (SSSR count). The van der Waals surface area contributed by atoms with Gasteiger partial charge in [0.1, 0.15) is 11.6 Å². The van der Waals surface area contributed by atoms with Crippen molar-refractivity contribution in [3.63, 3.8) is 0 Å². The Hall–Kier alpha value is -2.32. The lowest BCUT2D eigenvalue weighted by molar-refractivity contribution is -0.131. The molecule has 0 bridgehead atoms. The van der Waals surface area contributed by atoms with Crippen molar-refractivity contribution in [2.24, 2.45) is 0 Å². The lowest BCUT2D eigenvalue weighted by atomic mass is 9.97. The third kappa shape index (κ3) is 6.13. The molecule has 7 nitrogen and oxygen atoms in total. The molecular weight excluding hydrogens is 440 g/mol. The number of hydrogen-bond acceptors (Lipinski definition) is 6. The Morgan fingerprint density at radius 1 is 1.31 bits per heavy atom. The number of halogens is 2. The smallest absolute Gasteiger partial charge is 0.264 e. The first-order valence-corrected chi connectivity index (χ1v) is 12.0. The fraction of sp³-hybridized carbons (Fsp3) is 0.500. The number of rotatable bonds is 7. The van der Waals surface area contributed by atoms with Gasteiger partial charge in [-0.15, -0.1) is 0 Å². The number of nitrogens with zero attached hydrogens (tertiary/aromatic N) is 2. The lowest BCUT2D eigenvalue weighted by Crippen LogP contribution is -2.51. The van der Waals surface area contributed by atoms with Crippen molar-refractivity contribution in [1.82, 2.24) is 15.3 Å². The third-order valence-electron chi connectivity index (χ3n) is 5.62. The van der Waals surface area contributed by atoms with E-state index in [0.717, 1.165) is 11.8 Å². The van der Waals surface area contributed by atoms with E-state index >= 15 is 0 Å². The molecule has 1 aliphatic rings. The Morgan fingerprint density at radius 2 is 1.94 bits per heavy atom. The number of hydroxylamine groups is 1. The fourth-order valence-corrected chi connectivity index (χ4v) is 4.14. The van der Waals surface area contributed by atoms with Gasteiger partial charge in [0.2, 0.25) is 0 Å². The summed E-state index contributed by atoms with van der Waals surface area (Å²) in [4.78, 5) is 15.7. The monoisotopic (exact) mass is 469 g/mol. The second-order valence-corrected chi connectivity index (χ2v) is 10.8. The van der Waals surface area contributed by atoms with E-state index in [4.69, 9.17) is 5.21 Å². The van der Waals surface area contributed by atoms with Gasteiger partial charge < -0.3 is 0 Å². The predicted octanol–water partition coefficient (Wildman–Crippen LogP) is 1.67. The molecule has 176 valence electrons. The van der Waals surface area contributed by atoms with Crippen LogP contribution in [0.15, 0.2) is 18.2 Å². The molecular formula is C22H29F2N3O4S. The highest BCUT2D eigenvalue weighted by Crippen LogP contribution is 2.27. The van der Waals surface area contributed by atoms with Crippen LogP contribution >= 0.6 is 0 Å². The molecule has 0 spiro atoms. The summed E-state index contributed by atoms with van der Waals surface area (Å²) in [6, 6.07) is 2.55. The Morgan fingerprint density at radius 3 is 2.41 bits per heavy atom. The Bertz CT molecular complexity index is 1040. The quantitative estimate of drug-likeness (QED) is 0.359. The summed E-state index contributed by atoms with van der Waals surface area (Å²) in [7, 11) is -0.143. The molecule has 1 heterocycles. The standard InChI is InChI=1S/C22H29F2N3O4S/c1-22(21(28)25-29,32(4,30)31)9-13-27-11-7-16(8-12-27)17-14-19(23)18(20(24)15-17)6-5-10-26(2)3/h7,14-15,29H,8-13H2,1-4H3,(H,25,28). The molecule has 0 aromatic heterocycles. The van der Waals surface area contributed by atoms with E-state index in [-0.39, 0.29) is 12.0 Å². The van der Waals surface area contributed by atoms with Crippen LogP contribution in [0.3, 0.4) is 0 Å². The number of carbonyl (C=O) groups excluding carboxylic acids is 1. The second kappa shape index (κ2) is 10.5. The topological polar surface area (TPSA) is 89.9 Å². The number of amides is 1. The van der Waals surface area contributed by atoms with Crippen LogP contribution in [0.1, 0.15) is 30.9 Å². The zero-order valence-electron chi connectivity index (χ0n) is 18.7. The van der Waals surface area contributed by atoms with E-state index < -0.39 is 32.1 Å². The van der Waals surface area contributed by atoms with Crippen LogP contribution in [-0.2, 0) is 14.6 Å².